The van der Waals surface area contributed by atoms with E-state index in [1.807, 2.05) is 5.32 Å². The first-order chi connectivity index (χ1) is 12.8. The second-order valence-corrected chi connectivity index (χ2v) is 5.93. The van der Waals surface area contributed by atoms with Crippen LogP contribution in [0.1, 0.15) is 23.2 Å². The maximum atomic E-state index is 13.7. The summed E-state index contributed by atoms with van der Waals surface area (Å²) in [4.78, 5) is 48.0. The van der Waals surface area contributed by atoms with E-state index in [1.165, 1.54) is 11.9 Å². The molecule has 2 N–H and O–H groups in total. The SMILES string of the molecule is CNC(=O)NC(=O)COC(=O)C1CCN(C(=O)c2ccc(F)cc2F)CC1. The third-order valence-electron chi connectivity index (χ3n) is 4.10. The van der Waals surface area contributed by atoms with Gasteiger partial charge in [0.15, 0.2) is 6.61 Å². The van der Waals surface area contributed by atoms with E-state index < -0.39 is 48.0 Å². The Morgan fingerprint density at radius 2 is 1.85 bits per heavy atom. The van der Waals surface area contributed by atoms with Crippen LogP contribution in [-0.2, 0) is 14.3 Å². The summed E-state index contributed by atoms with van der Waals surface area (Å²) in [5.74, 6) is -4.18. The summed E-state index contributed by atoms with van der Waals surface area (Å²) in [7, 11) is 1.33. The van der Waals surface area contributed by atoms with Gasteiger partial charge in [0, 0.05) is 26.2 Å². The highest BCUT2D eigenvalue weighted by Gasteiger charge is 2.30. The Morgan fingerprint density at radius 1 is 1.19 bits per heavy atom. The Bertz CT molecular complexity index is 748. The van der Waals surface area contributed by atoms with Crippen molar-refractivity contribution in [3.8, 4) is 0 Å². The van der Waals surface area contributed by atoms with Crippen molar-refractivity contribution < 1.29 is 32.7 Å². The molecule has 0 spiro atoms. The van der Waals surface area contributed by atoms with Gasteiger partial charge in [-0.1, -0.05) is 0 Å². The zero-order valence-electron chi connectivity index (χ0n) is 14.6. The number of carbonyl (C=O) groups is 4. The van der Waals surface area contributed by atoms with Crippen LogP contribution in [-0.4, -0.2) is 55.5 Å². The molecule has 146 valence electrons. The lowest BCUT2D eigenvalue weighted by Gasteiger charge is -2.31. The van der Waals surface area contributed by atoms with E-state index in [4.69, 9.17) is 4.74 Å². The van der Waals surface area contributed by atoms with Crippen molar-refractivity contribution in [3.63, 3.8) is 0 Å². The predicted octanol–water partition coefficient (Wildman–Crippen LogP) is 0.816. The zero-order valence-corrected chi connectivity index (χ0v) is 14.6. The van der Waals surface area contributed by atoms with Crippen LogP contribution in [0.25, 0.3) is 0 Å². The van der Waals surface area contributed by atoms with Crippen molar-refractivity contribution in [2.45, 2.75) is 12.8 Å². The molecular weight excluding hydrogens is 364 g/mol. The molecule has 8 nitrogen and oxygen atoms in total. The molecule has 1 aromatic rings. The van der Waals surface area contributed by atoms with E-state index in [1.54, 1.807) is 0 Å². The van der Waals surface area contributed by atoms with Crippen molar-refractivity contribution in [2.75, 3.05) is 26.7 Å². The topological polar surface area (TPSA) is 105 Å². The molecule has 0 radical (unpaired) electrons. The molecule has 1 aromatic carbocycles. The largest absolute Gasteiger partial charge is 0.455 e. The lowest BCUT2D eigenvalue weighted by atomic mass is 9.96. The second-order valence-electron chi connectivity index (χ2n) is 5.93. The number of halogens is 2. The Balaban J connectivity index is 1.82. The van der Waals surface area contributed by atoms with E-state index in [0.717, 1.165) is 12.1 Å². The number of likely N-dealkylation sites (tertiary alicyclic amines) is 1. The Morgan fingerprint density at radius 3 is 2.44 bits per heavy atom. The zero-order chi connectivity index (χ0) is 20.0. The fourth-order valence-electron chi connectivity index (χ4n) is 2.63. The minimum absolute atomic E-state index is 0.194. The van der Waals surface area contributed by atoms with E-state index in [-0.39, 0.29) is 31.5 Å². The predicted molar refractivity (Wildman–Crippen MR) is 88.5 cm³/mol. The first-order valence-corrected chi connectivity index (χ1v) is 8.24. The van der Waals surface area contributed by atoms with Gasteiger partial charge in [-0.3, -0.25) is 19.7 Å². The number of benzene rings is 1. The third kappa shape index (κ3) is 5.47. The maximum absolute atomic E-state index is 13.7. The first-order valence-electron chi connectivity index (χ1n) is 8.24. The normalized spacial score (nSPS) is 14.4. The lowest BCUT2D eigenvalue weighted by molar-refractivity contribution is -0.153. The van der Waals surface area contributed by atoms with Crippen molar-refractivity contribution in [1.29, 1.82) is 0 Å². The van der Waals surface area contributed by atoms with Gasteiger partial charge in [0.05, 0.1) is 11.5 Å². The van der Waals surface area contributed by atoms with Gasteiger partial charge in [0.1, 0.15) is 11.6 Å². The highest BCUT2D eigenvalue weighted by Crippen LogP contribution is 2.21. The highest BCUT2D eigenvalue weighted by atomic mass is 19.1. The standard InChI is InChI=1S/C17H19F2N3O5/c1-20-17(26)21-14(23)9-27-16(25)10-4-6-22(7-5-10)15(24)12-3-2-11(18)8-13(12)19/h2-3,8,10H,4-7,9H2,1H3,(H2,20,21,23,26). The fraction of sp³-hybridized carbons (Fsp3) is 0.412. The molecule has 1 heterocycles. The molecule has 0 atom stereocenters. The van der Waals surface area contributed by atoms with Gasteiger partial charge in [-0.05, 0) is 25.0 Å². The molecule has 10 heteroatoms. The van der Waals surface area contributed by atoms with Crippen molar-refractivity contribution >= 4 is 23.8 Å². The van der Waals surface area contributed by atoms with Crippen LogP contribution in [0.2, 0.25) is 0 Å². The molecule has 27 heavy (non-hydrogen) atoms. The number of amides is 4. The van der Waals surface area contributed by atoms with Crippen LogP contribution in [0.3, 0.4) is 0 Å². The molecule has 1 aliphatic rings. The Hall–Kier alpha value is -3.04. The van der Waals surface area contributed by atoms with E-state index >= 15 is 0 Å². The average molecular weight is 383 g/mol. The van der Waals surface area contributed by atoms with Crippen LogP contribution >= 0.6 is 0 Å². The first kappa shape index (κ1) is 20.3. The molecular formula is C17H19F2N3O5. The highest BCUT2D eigenvalue weighted by molar-refractivity contribution is 5.96. The molecule has 0 aromatic heterocycles. The molecule has 0 bridgehead atoms. The molecule has 1 saturated heterocycles. The molecule has 1 fully saturated rings. The monoisotopic (exact) mass is 383 g/mol. The van der Waals surface area contributed by atoms with Crippen LogP contribution in [0.15, 0.2) is 18.2 Å². The van der Waals surface area contributed by atoms with Crippen LogP contribution in [0, 0.1) is 17.6 Å². The number of carbonyl (C=O) groups excluding carboxylic acids is 4. The number of esters is 1. The van der Waals surface area contributed by atoms with Gasteiger partial charge in [-0.15, -0.1) is 0 Å². The van der Waals surface area contributed by atoms with Crippen molar-refractivity contribution in [2.24, 2.45) is 5.92 Å². The van der Waals surface area contributed by atoms with Crippen LogP contribution in [0.5, 0.6) is 0 Å². The quantitative estimate of drug-likeness (QED) is 0.749. The van der Waals surface area contributed by atoms with Gasteiger partial charge < -0.3 is 15.0 Å². The second kappa shape index (κ2) is 9.06. The Labute approximate surface area is 153 Å². The van der Waals surface area contributed by atoms with Crippen molar-refractivity contribution in [1.82, 2.24) is 15.5 Å². The number of nitrogens with one attached hydrogen (secondary N) is 2. The molecule has 0 unspecified atom stereocenters. The molecule has 4 amide bonds. The number of nitrogens with zero attached hydrogens (tertiary/aromatic N) is 1. The summed E-state index contributed by atoms with van der Waals surface area (Å²) >= 11 is 0. The fourth-order valence-corrected chi connectivity index (χ4v) is 2.63. The number of rotatable bonds is 4. The summed E-state index contributed by atoms with van der Waals surface area (Å²) < 4.78 is 31.5. The molecule has 2 rings (SSSR count). The number of ether oxygens (including phenoxy) is 1. The molecule has 1 aliphatic heterocycles. The van der Waals surface area contributed by atoms with Crippen LogP contribution in [0.4, 0.5) is 13.6 Å². The number of urea groups is 1. The van der Waals surface area contributed by atoms with E-state index in [9.17, 15) is 28.0 Å². The van der Waals surface area contributed by atoms with Gasteiger partial charge in [0.2, 0.25) is 0 Å². The minimum atomic E-state index is -0.941. The van der Waals surface area contributed by atoms with Crippen LogP contribution < -0.4 is 10.6 Å². The van der Waals surface area contributed by atoms with Crippen molar-refractivity contribution in [3.05, 3.63) is 35.4 Å². The van der Waals surface area contributed by atoms with Gasteiger partial charge in [-0.2, -0.15) is 0 Å². The third-order valence-corrected chi connectivity index (χ3v) is 4.10. The lowest BCUT2D eigenvalue weighted by Crippen LogP contribution is -2.42. The molecule has 0 saturated carbocycles. The summed E-state index contributed by atoms with van der Waals surface area (Å²) in [5, 5.41) is 4.14. The van der Waals surface area contributed by atoms with E-state index in [2.05, 4.69) is 5.32 Å². The van der Waals surface area contributed by atoms with E-state index in [0.29, 0.717) is 6.07 Å². The van der Waals surface area contributed by atoms with Gasteiger partial charge in [0.25, 0.3) is 11.8 Å². The number of piperidine rings is 1. The number of hydrogen-bond donors (Lipinski definition) is 2. The summed E-state index contributed by atoms with van der Waals surface area (Å²) in [6.45, 7) is -0.202. The molecule has 0 aliphatic carbocycles. The number of imide groups is 1. The summed E-state index contributed by atoms with van der Waals surface area (Å²) in [6.07, 6.45) is 0.564. The number of hydrogen-bond acceptors (Lipinski definition) is 5. The Kier molecular flexibility index (Phi) is 6.80. The van der Waals surface area contributed by atoms with Gasteiger partial charge in [-0.25, -0.2) is 13.6 Å². The van der Waals surface area contributed by atoms with Gasteiger partial charge >= 0.3 is 12.0 Å². The minimum Gasteiger partial charge on any atom is -0.455 e. The average Bonchev–Trinajstić information content (AvgIpc) is 2.65. The smallest absolute Gasteiger partial charge is 0.321 e. The maximum Gasteiger partial charge on any atom is 0.321 e. The summed E-state index contributed by atoms with van der Waals surface area (Å²) in [5.41, 5.74) is -0.233. The summed E-state index contributed by atoms with van der Waals surface area (Å²) in [6, 6.07) is 2.01.